The van der Waals surface area contributed by atoms with Gasteiger partial charge in [0.1, 0.15) is 0 Å². The molecular formula is C18H17ClN2. The van der Waals surface area contributed by atoms with E-state index in [1.165, 1.54) is 22.4 Å². The van der Waals surface area contributed by atoms with Crippen molar-refractivity contribution >= 4 is 17.3 Å². The zero-order valence-corrected chi connectivity index (χ0v) is 12.7. The Kier molecular flexibility index (Phi) is 3.00. The summed E-state index contributed by atoms with van der Waals surface area (Å²) in [4.78, 5) is 0. The quantitative estimate of drug-likeness (QED) is 0.766. The largest absolute Gasteiger partial charge is 0.292 e. The molecule has 0 radical (unpaired) electrons. The average molecular weight is 297 g/mol. The second-order valence-electron chi connectivity index (χ2n) is 5.86. The van der Waals surface area contributed by atoms with Crippen LogP contribution in [0.1, 0.15) is 29.2 Å². The van der Waals surface area contributed by atoms with Crippen molar-refractivity contribution in [3.63, 3.8) is 0 Å². The van der Waals surface area contributed by atoms with Gasteiger partial charge in [0.15, 0.2) is 0 Å². The van der Waals surface area contributed by atoms with E-state index in [2.05, 4.69) is 48.5 Å². The highest BCUT2D eigenvalue weighted by Gasteiger charge is 2.39. The van der Waals surface area contributed by atoms with Crippen LogP contribution in [0.5, 0.6) is 0 Å². The molecule has 0 aromatic heterocycles. The van der Waals surface area contributed by atoms with Crippen LogP contribution in [0.3, 0.4) is 0 Å². The van der Waals surface area contributed by atoms with E-state index in [9.17, 15) is 0 Å². The Bertz CT molecular complexity index is 705. The van der Waals surface area contributed by atoms with Crippen LogP contribution >= 0.6 is 11.6 Å². The highest BCUT2D eigenvalue weighted by molar-refractivity contribution is 6.30. The number of aryl methyl sites for hydroxylation is 1. The molecule has 2 nitrogen and oxygen atoms in total. The molecule has 4 rings (SSSR count). The fraction of sp³-hybridized carbons (Fsp3) is 0.278. The van der Waals surface area contributed by atoms with Crippen LogP contribution in [0.4, 0.5) is 0 Å². The van der Waals surface area contributed by atoms with E-state index in [1.807, 2.05) is 12.1 Å². The molecule has 0 saturated heterocycles. The summed E-state index contributed by atoms with van der Waals surface area (Å²) >= 11 is 6.02. The van der Waals surface area contributed by atoms with Crippen molar-refractivity contribution in [3.8, 4) is 0 Å². The summed E-state index contributed by atoms with van der Waals surface area (Å²) in [6.45, 7) is 0. The second-order valence-corrected chi connectivity index (χ2v) is 6.29. The Balaban J connectivity index is 1.74. The summed E-state index contributed by atoms with van der Waals surface area (Å²) in [6.07, 6.45) is 2.30. The van der Waals surface area contributed by atoms with Crippen LogP contribution in [-0.2, 0) is 6.42 Å². The maximum absolute atomic E-state index is 6.02. The van der Waals surface area contributed by atoms with Crippen molar-refractivity contribution in [2.24, 2.45) is 11.0 Å². The predicted molar refractivity (Wildman–Crippen MR) is 86.7 cm³/mol. The lowest BCUT2D eigenvalue weighted by molar-refractivity contribution is 0.244. The first-order valence-corrected chi connectivity index (χ1v) is 7.77. The molecular weight excluding hydrogens is 280 g/mol. The summed E-state index contributed by atoms with van der Waals surface area (Å²) < 4.78 is 0. The zero-order valence-electron chi connectivity index (χ0n) is 12.0. The lowest BCUT2D eigenvalue weighted by Crippen LogP contribution is -2.27. The van der Waals surface area contributed by atoms with Crippen molar-refractivity contribution in [2.75, 3.05) is 7.05 Å². The monoisotopic (exact) mass is 296 g/mol. The molecule has 2 atom stereocenters. The number of benzene rings is 2. The number of halogens is 1. The molecule has 21 heavy (non-hydrogen) atoms. The molecule has 0 fully saturated rings. The average Bonchev–Trinajstić information content (AvgIpc) is 2.85. The van der Waals surface area contributed by atoms with Crippen LogP contribution in [-0.4, -0.2) is 17.8 Å². The lowest BCUT2D eigenvalue weighted by atomic mass is 9.77. The Morgan fingerprint density at radius 2 is 1.86 bits per heavy atom. The molecule has 0 N–H and O–H groups in total. The Morgan fingerprint density at radius 3 is 2.67 bits per heavy atom. The van der Waals surface area contributed by atoms with Crippen LogP contribution in [0, 0.1) is 5.92 Å². The van der Waals surface area contributed by atoms with Gasteiger partial charge in [0.25, 0.3) is 0 Å². The molecule has 2 aromatic carbocycles. The minimum atomic E-state index is 0.325. The van der Waals surface area contributed by atoms with Gasteiger partial charge >= 0.3 is 0 Å². The van der Waals surface area contributed by atoms with E-state index in [0.717, 1.165) is 17.9 Å². The van der Waals surface area contributed by atoms with E-state index in [4.69, 9.17) is 16.7 Å². The summed E-state index contributed by atoms with van der Waals surface area (Å²) in [7, 11) is 2.08. The van der Waals surface area contributed by atoms with Gasteiger partial charge in [-0.1, -0.05) is 48.0 Å². The van der Waals surface area contributed by atoms with E-state index >= 15 is 0 Å². The second kappa shape index (κ2) is 4.88. The third-order valence-corrected chi connectivity index (χ3v) is 4.88. The van der Waals surface area contributed by atoms with Gasteiger partial charge in [-0.3, -0.25) is 5.01 Å². The molecule has 2 aliphatic rings. The van der Waals surface area contributed by atoms with Gasteiger partial charge in [0.05, 0.1) is 11.8 Å². The van der Waals surface area contributed by atoms with Crippen molar-refractivity contribution in [2.45, 2.75) is 18.9 Å². The molecule has 1 aliphatic heterocycles. The van der Waals surface area contributed by atoms with Gasteiger partial charge in [-0.2, -0.15) is 5.10 Å². The molecule has 1 aliphatic carbocycles. The Hall–Kier alpha value is -1.80. The summed E-state index contributed by atoms with van der Waals surface area (Å²) in [5, 5.41) is 7.75. The van der Waals surface area contributed by atoms with Gasteiger partial charge in [-0.05, 0) is 36.1 Å². The number of rotatable bonds is 1. The molecule has 0 amide bonds. The summed E-state index contributed by atoms with van der Waals surface area (Å²) in [5.41, 5.74) is 5.30. The van der Waals surface area contributed by atoms with Crippen molar-refractivity contribution in [1.82, 2.24) is 5.01 Å². The van der Waals surface area contributed by atoms with Crippen LogP contribution in [0.25, 0.3) is 0 Å². The predicted octanol–water partition coefficient (Wildman–Crippen LogP) is 4.29. The number of nitrogens with zero attached hydrogens (tertiary/aromatic N) is 2. The summed E-state index contributed by atoms with van der Waals surface area (Å²) in [5.74, 6) is 0.478. The van der Waals surface area contributed by atoms with Gasteiger partial charge < -0.3 is 0 Å². The number of hydrazone groups is 1. The minimum Gasteiger partial charge on any atom is -0.292 e. The first-order valence-electron chi connectivity index (χ1n) is 7.39. The maximum Gasteiger partial charge on any atom is 0.0801 e. The fourth-order valence-electron chi connectivity index (χ4n) is 3.67. The Morgan fingerprint density at radius 1 is 1.10 bits per heavy atom. The van der Waals surface area contributed by atoms with Crippen LogP contribution < -0.4 is 0 Å². The third-order valence-electron chi connectivity index (χ3n) is 4.63. The smallest absolute Gasteiger partial charge is 0.0801 e. The molecule has 106 valence electrons. The van der Waals surface area contributed by atoms with Gasteiger partial charge in [0, 0.05) is 23.6 Å². The summed E-state index contributed by atoms with van der Waals surface area (Å²) in [6, 6.07) is 17.2. The van der Waals surface area contributed by atoms with Crippen molar-refractivity contribution in [1.29, 1.82) is 0 Å². The topological polar surface area (TPSA) is 15.6 Å². The van der Waals surface area contributed by atoms with Crippen molar-refractivity contribution < 1.29 is 0 Å². The van der Waals surface area contributed by atoms with Crippen LogP contribution in [0.15, 0.2) is 53.6 Å². The third kappa shape index (κ3) is 2.06. The molecule has 2 aromatic rings. The minimum absolute atomic E-state index is 0.325. The number of fused-ring (bicyclic) bond motifs is 3. The SMILES string of the molecule is CN1N=C2c3ccccc3CC[C@@H]2[C@@H]1c1ccc(Cl)cc1. The van der Waals surface area contributed by atoms with E-state index < -0.39 is 0 Å². The molecule has 0 unspecified atom stereocenters. The lowest BCUT2D eigenvalue weighted by Gasteiger charge is -2.29. The first kappa shape index (κ1) is 12.9. The first-order chi connectivity index (χ1) is 10.2. The normalized spacial score (nSPS) is 23.5. The molecule has 0 saturated carbocycles. The molecule has 1 heterocycles. The van der Waals surface area contributed by atoms with E-state index in [1.54, 1.807) is 0 Å². The van der Waals surface area contributed by atoms with Gasteiger partial charge in [0.2, 0.25) is 0 Å². The maximum atomic E-state index is 6.02. The van der Waals surface area contributed by atoms with Crippen LogP contribution in [0.2, 0.25) is 5.02 Å². The molecule has 0 bridgehead atoms. The zero-order chi connectivity index (χ0) is 14.4. The van der Waals surface area contributed by atoms with Gasteiger partial charge in [-0.15, -0.1) is 0 Å². The van der Waals surface area contributed by atoms with E-state index in [-0.39, 0.29) is 0 Å². The molecule has 3 heteroatoms. The highest BCUT2D eigenvalue weighted by atomic mass is 35.5. The van der Waals surface area contributed by atoms with Gasteiger partial charge in [-0.25, -0.2) is 0 Å². The van der Waals surface area contributed by atoms with E-state index in [0.29, 0.717) is 12.0 Å². The standard InChI is InChI=1S/C18H17ClN2/c1-21-18(13-6-9-14(19)10-7-13)16-11-8-12-4-2-3-5-15(12)17(16)20-21/h2-7,9-10,16,18H,8,11H2,1H3/t16-,18-/m0/s1. The highest BCUT2D eigenvalue weighted by Crippen LogP contribution is 2.42. The van der Waals surface area contributed by atoms with Crippen molar-refractivity contribution in [3.05, 3.63) is 70.2 Å². The Labute approximate surface area is 130 Å². The fourth-order valence-corrected chi connectivity index (χ4v) is 3.80. The number of hydrogen-bond acceptors (Lipinski definition) is 2. The number of hydrogen-bond donors (Lipinski definition) is 0. The molecule has 0 spiro atoms.